The summed E-state index contributed by atoms with van der Waals surface area (Å²) in [6, 6.07) is 22.4. The maximum Gasteiger partial charge on any atom is 0.359 e. The van der Waals surface area contributed by atoms with Crippen LogP contribution >= 0.6 is 0 Å². The number of amides is 2. The molecule has 0 aliphatic heterocycles. The lowest BCUT2D eigenvalue weighted by molar-refractivity contribution is -0.119. The van der Waals surface area contributed by atoms with Crippen LogP contribution in [-0.4, -0.2) is 34.2 Å². The van der Waals surface area contributed by atoms with Crippen LogP contribution < -0.4 is 16.2 Å². The number of nitrogens with zero attached hydrogens (tertiary/aromatic N) is 2. The number of para-hydroxylation sites is 1. The summed E-state index contributed by atoms with van der Waals surface area (Å²) >= 11 is 0. The average Bonchev–Trinajstić information content (AvgIpc) is 2.93. The number of aromatic nitrogens is 2. The van der Waals surface area contributed by atoms with Gasteiger partial charge in [-0.1, -0.05) is 60.7 Å². The lowest BCUT2D eigenvalue weighted by atomic mass is 10.1. The molecule has 0 radical (unpaired) electrons. The van der Waals surface area contributed by atoms with Crippen molar-refractivity contribution in [3.63, 3.8) is 0 Å². The Hall–Kier alpha value is -4.79. The Morgan fingerprint density at radius 3 is 2.30 bits per heavy atom. The van der Waals surface area contributed by atoms with E-state index in [1.54, 1.807) is 55.5 Å². The molecule has 0 fully saturated rings. The highest BCUT2D eigenvalue weighted by molar-refractivity contribution is 6.05. The van der Waals surface area contributed by atoms with Crippen LogP contribution in [0.15, 0.2) is 83.7 Å². The molecule has 0 spiro atoms. The second-order valence-electron chi connectivity index (χ2n) is 8.29. The quantitative estimate of drug-likeness (QED) is 0.358. The first-order valence-corrected chi connectivity index (χ1v) is 11.8. The molecule has 1 heterocycles. The number of hydrogen-bond donors (Lipinski definition) is 2. The fourth-order valence-electron chi connectivity index (χ4n) is 3.88. The number of nitrogens with one attached hydrogen (secondary N) is 2. The zero-order chi connectivity index (χ0) is 26.4. The molecule has 4 aromatic rings. The molecule has 0 aliphatic rings. The van der Waals surface area contributed by atoms with Crippen LogP contribution in [-0.2, 0) is 16.1 Å². The molecule has 4 rings (SSSR count). The molecule has 2 amide bonds. The summed E-state index contributed by atoms with van der Waals surface area (Å²) in [5.41, 5.74) is 1.13. The van der Waals surface area contributed by atoms with Crippen molar-refractivity contribution < 1.29 is 19.1 Å². The normalized spacial score (nSPS) is 11.5. The number of fused-ring (bicyclic) bond motifs is 1. The van der Waals surface area contributed by atoms with Crippen molar-refractivity contribution in [3.05, 3.63) is 106 Å². The van der Waals surface area contributed by atoms with E-state index in [-0.39, 0.29) is 41.0 Å². The second-order valence-corrected chi connectivity index (χ2v) is 8.29. The van der Waals surface area contributed by atoms with Crippen molar-refractivity contribution in [1.29, 1.82) is 0 Å². The van der Waals surface area contributed by atoms with Gasteiger partial charge in [-0.25, -0.2) is 9.48 Å². The van der Waals surface area contributed by atoms with Crippen LogP contribution in [0, 0.1) is 0 Å². The number of hydrogen-bond acceptors (Lipinski definition) is 6. The van der Waals surface area contributed by atoms with Crippen LogP contribution in [0.2, 0.25) is 0 Å². The third kappa shape index (κ3) is 5.72. The minimum absolute atomic E-state index is 0.0560. The van der Waals surface area contributed by atoms with Gasteiger partial charge in [0.2, 0.25) is 0 Å². The van der Waals surface area contributed by atoms with Gasteiger partial charge in [-0.15, -0.1) is 0 Å². The van der Waals surface area contributed by atoms with Gasteiger partial charge >= 0.3 is 5.97 Å². The number of aryl methyl sites for hydroxylation is 1. The first-order valence-electron chi connectivity index (χ1n) is 11.8. The number of carbonyl (C=O) groups is 3. The Kier molecular flexibility index (Phi) is 7.73. The highest BCUT2D eigenvalue weighted by Gasteiger charge is 2.20. The van der Waals surface area contributed by atoms with Gasteiger partial charge < -0.3 is 15.4 Å². The third-order valence-electron chi connectivity index (χ3n) is 5.79. The molecule has 0 bridgehead atoms. The Balaban J connectivity index is 1.44. The van der Waals surface area contributed by atoms with E-state index < -0.39 is 18.5 Å². The van der Waals surface area contributed by atoms with Gasteiger partial charge in [-0.3, -0.25) is 14.4 Å². The van der Waals surface area contributed by atoms with Gasteiger partial charge in [0, 0.05) is 11.9 Å². The number of benzene rings is 3. The maximum atomic E-state index is 12.9. The standard InChI is InChI=1S/C28H26N4O5/c1-3-32-27(35)21-14-8-7-13-20(21)25(31-32)28(36)37-17-24(33)30-23-16-10-9-15-22(23)26(34)29-18(2)19-11-5-4-6-12-19/h4-16,18H,3,17H2,1-2H3,(H,29,34)(H,30,33)/t18-/m1/s1. The first-order chi connectivity index (χ1) is 17.9. The van der Waals surface area contributed by atoms with E-state index in [1.807, 2.05) is 37.3 Å². The van der Waals surface area contributed by atoms with Gasteiger partial charge in [0.15, 0.2) is 12.3 Å². The largest absolute Gasteiger partial charge is 0.451 e. The summed E-state index contributed by atoms with van der Waals surface area (Å²) in [4.78, 5) is 50.8. The molecular formula is C28H26N4O5. The summed E-state index contributed by atoms with van der Waals surface area (Å²) in [6.07, 6.45) is 0. The van der Waals surface area contributed by atoms with Gasteiger partial charge in [0.1, 0.15) is 0 Å². The van der Waals surface area contributed by atoms with Crippen molar-refractivity contribution in [1.82, 2.24) is 15.1 Å². The molecule has 9 nitrogen and oxygen atoms in total. The minimum atomic E-state index is -0.837. The van der Waals surface area contributed by atoms with E-state index >= 15 is 0 Å². The van der Waals surface area contributed by atoms with Gasteiger partial charge in [0.25, 0.3) is 17.4 Å². The Morgan fingerprint density at radius 1 is 0.919 bits per heavy atom. The van der Waals surface area contributed by atoms with Crippen LogP contribution in [0.5, 0.6) is 0 Å². The zero-order valence-electron chi connectivity index (χ0n) is 20.4. The summed E-state index contributed by atoms with van der Waals surface area (Å²) in [6.45, 7) is 3.27. The van der Waals surface area contributed by atoms with Crippen molar-refractivity contribution in [2.24, 2.45) is 0 Å². The molecule has 0 aliphatic carbocycles. The van der Waals surface area contributed by atoms with Crippen LogP contribution in [0.25, 0.3) is 10.8 Å². The number of anilines is 1. The number of carbonyl (C=O) groups excluding carboxylic acids is 3. The van der Waals surface area contributed by atoms with Crippen molar-refractivity contribution in [3.8, 4) is 0 Å². The number of rotatable bonds is 8. The van der Waals surface area contributed by atoms with Gasteiger partial charge in [0.05, 0.1) is 22.7 Å². The van der Waals surface area contributed by atoms with Crippen molar-refractivity contribution in [2.45, 2.75) is 26.4 Å². The molecular weight excluding hydrogens is 472 g/mol. The molecule has 1 aromatic heterocycles. The molecule has 37 heavy (non-hydrogen) atoms. The fourth-order valence-corrected chi connectivity index (χ4v) is 3.88. The summed E-state index contributed by atoms with van der Waals surface area (Å²) < 4.78 is 6.37. The summed E-state index contributed by atoms with van der Waals surface area (Å²) in [7, 11) is 0. The average molecular weight is 499 g/mol. The summed E-state index contributed by atoms with van der Waals surface area (Å²) in [5.74, 6) is -1.82. The molecule has 2 N–H and O–H groups in total. The first kappa shape index (κ1) is 25.3. The topological polar surface area (TPSA) is 119 Å². The van der Waals surface area contributed by atoms with Crippen molar-refractivity contribution >= 4 is 34.2 Å². The highest BCUT2D eigenvalue weighted by Crippen LogP contribution is 2.18. The lowest BCUT2D eigenvalue weighted by Crippen LogP contribution is -2.29. The lowest BCUT2D eigenvalue weighted by Gasteiger charge is -2.16. The molecule has 0 saturated heterocycles. The SMILES string of the molecule is CCn1nc(C(=O)OCC(=O)Nc2ccccc2C(=O)N[C@H](C)c2ccccc2)c2ccccc2c1=O. The second kappa shape index (κ2) is 11.3. The van der Waals surface area contributed by atoms with Gasteiger partial charge in [-0.05, 0) is 37.6 Å². The van der Waals surface area contributed by atoms with E-state index in [0.29, 0.717) is 10.8 Å². The van der Waals surface area contributed by atoms with E-state index in [2.05, 4.69) is 15.7 Å². The molecule has 3 aromatic carbocycles. The Bertz CT molecular complexity index is 1510. The summed E-state index contributed by atoms with van der Waals surface area (Å²) in [5, 5.41) is 10.3. The van der Waals surface area contributed by atoms with E-state index in [4.69, 9.17) is 4.74 Å². The Labute approximate surface area is 213 Å². The molecule has 9 heteroatoms. The molecule has 1 atom stereocenters. The number of esters is 1. The van der Waals surface area contributed by atoms with E-state index in [9.17, 15) is 19.2 Å². The van der Waals surface area contributed by atoms with E-state index in [1.165, 1.54) is 4.68 Å². The highest BCUT2D eigenvalue weighted by atomic mass is 16.5. The van der Waals surface area contributed by atoms with Crippen molar-refractivity contribution in [2.75, 3.05) is 11.9 Å². The minimum Gasteiger partial charge on any atom is -0.451 e. The zero-order valence-corrected chi connectivity index (χ0v) is 20.4. The third-order valence-corrected chi connectivity index (χ3v) is 5.79. The Morgan fingerprint density at radius 2 is 1.57 bits per heavy atom. The number of ether oxygens (including phenoxy) is 1. The predicted octanol–water partition coefficient (Wildman–Crippen LogP) is 3.70. The van der Waals surface area contributed by atoms with Crippen LogP contribution in [0.4, 0.5) is 5.69 Å². The molecule has 188 valence electrons. The maximum absolute atomic E-state index is 12.9. The fraction of sp³-hybridized carbons (Fsp3) is 0.179. The van der Waals surface area contributed by atoms with Crippen LogP contribution in [0.3, 0.4) is 0 Å². The molecule has 0 unspecified atom stereocenters. The smallest absolute Gasteiger partial charge is 0.359 e. The van der Waals surface area contributed by atoms with E-state index in [0.717, 1.165) is 5.56 Å². The predicted molar refractivity (Wildman–Crippen MR) is 139 cm³/mol. The molecule has 0 saturated carbocycles. The van der Waals surface area contributed by atoms with Crippen LogP contribution in [0.1, 0.15) is 46.3 Å². The monoisotopic (exact) mass is 498 g/mol. The van der Waals surface area contributed by atoms with Gasteiger partial charge in [-0.2, -0.15) is 5.10 Å².